The summed E-state index contributed by atoms with van der Waals surface area (Å²) >= 11 is 1.91. The first-order chi connectivity index (χ1) is 7.90. The second-order valence-corrected chi connectivity index (χ2v) is 4.83. The van der Waals surface area contributed by atoms with Gasteiger partial charge in [0.05, 0.1) is 6.04 Å². The van der Waals surface area contributed by atoms with Gasteiger partial charge in [0, 0.05) is 24.7 Å². The van der Waals surface area contributed by atoms with E-state index in [2.05, 4.69) is 22.4 Å². The summed E-state index contributed by atoms with van der Waals surface area (Å²) in [6.45, 7) is 4.25. The van der Waals surface area contributed by atoms with Gasteiger partial charge in [0.2, 0.25) is 5.89 Å². The van der Waals surface area contributed by atoms with Crippen LogP contribution in [0.4, 0.5) is 0 Å². The molecule has 6 heteroatoms. The molecule has 2 heterocycles. The molecule has 1 aliphatic heterocycles. The van der Waals surface area contributed by atoms with E-state index in [1.165, 1.54) is 0 Å². The van der Waals surface area contributed by atoms with Crippen molar-refractivity contribution in [3.8, 4) is 0 Å². The van der Waals surface area contributed by atoms with Crippen LogP contribution in [0.25, 0.3) is 0 Å². The number of nitrogens with one attached hydrogen (secondary N) is 1. The topological polar surface area (TPSA) is 60.2 Å². The molecule has 1 aliphatic rings. The SMILES string of the molecule is CCCOCc1noc(C2CSCCN2)n1. The molecule has 0 radical (unpaired) electrons. The second kappa shape index (κ2) is 6.22. The zero-order chi connectivity index (χ0) is 11.2. The number of ether oxygens (including phenoxy) is 1. The molecule has 1 N–H and O–H groups in total. The molecule has 16 heavy (non-hydrogen) atoms. The molecule has 0 saturated carbocycles. The summed E-state index contributed by atoms with van der Waals surface area (Å²) in [6, 6.07) is 0.200. The molecule has 0 bridgehead atoms. The van der Waals surface area contributed by atoms with Crippen LogP contribution >= 0.6 is 11.8 Å². The van der Waals surface area contributed by atoms with E-state index < -0.39 is 0 Å². The summed E-state index contributed by atoms with van der Waals surface area (Å²) in [7, 11) is 0. The van der Waals surface area contributed by atoms with E-state index in [1.54, 1.807) is 0 Å². The van der Waals surface area contributed by atoms with Gasteiger partial charge in [0.1, 0.15) is 6.61 Å². The normalized spacial score (nSPS) is 21.2. The third-order valence-corrected chi connectivity index (χ3v) is 3.35. The molecular weight excluding hydrogens is 226 g/mol. The summed E-state index contributed by atoms with van der Waals surface area (Å²) in [5.41, 5.74) is 0. The summed E-state index contributed by atoms with van der Waals surface area (Å²) in [4.78, 5) is 4.33. The first kappa shape index (κ1) is 11.9. The van der Waals surface area contributed by atoms with Gasteiger partial charge in [-0.2, -0.15) is 16.7 Å². The number of nitrogens with zero attached hydrogens (tertiary/aromatic N) is 2. The van der Waals surface area contributed by atoms with Gasteiger partial charge in [-0.1, -0.05) is 12.1 Å². The highest BCUT2D eigenvalue weighted by atomic mass is 32.2. The molecule has 1 unspecified atom stereocenters. The maximum absolute atomic E-state index is 5.36. The minimum absolute atomic E-state index is 0.200. The average Bonchev–Trinajstić information content (AvgIpc) is 2.79. The molecule has 1 saturated heterocycles. The van der Waals surface area contributed by atoms with Gasteiger partial charge >= 0.3 is 0 Å². The number of thioether (sulfide) groups is 1. The van der Waals surface area contributed by atoms with Crippen LogP contribution in [0, 0.1) is 0 Å². The Hall–Kier alpha value is -0.590. The Morgan fingerprint density at radius 2 is 2.56 bits per heavy atom. The van der Waals surface area contributed by atoms with Crippen molar-refractivity contribution in [2.24, 2.45) is 0 Å². The molecular formula is C10H17N3O2S. The predicted octanol–water partition coefficient (Wildman–Crippen LogP) is 1.37. The molecule has 1 atom stereocenters. The number of hydrogen-bond donors (Lipinski definition) is 1. The van der Waals surface area contributed by atoms with Crippen molar-refractivity contribution in [1.29, 1.82) is 0 Å². The summed E-state index contributed by atoms with van der Waals surface area (Å²) in [5.74, 6) is 3.47. The van der Waals surface area contributed by atoms with E-state index in [0.29, 0.717) is 18.3 Å². The molecule has 2 rings (SSSR count). The lowest BCUT2D eigenvalue weighted by Gasteiger charge is -2.19. The van der Waals surface area contributed by atoms with Gasteiger partial charge < -0.3 is 14.6 Å². The van der Waals surface area contributed by atoms with Crippen LogP contribution in [-0.2, 0) is 11.3 Å². The van der Waals surface area contributed by atoms with Crippen LogP contribution in [0.5, 0.6) is 0 Å². The van der Waals surface area contributed by atoms with E-state index in [-0.39, 0.29) is 6.04 Å². The van der Waals surface area contributed by atoms with Gasteiger partial charge in [-0.3, -0.25) is 0 Å². The van der Waals surface area contributed by atoms with Crippen molar-refractivity contribution < 1.29 is 9.26 Å². The van der Waals surface area contributed by atoms with Gasteiger partial charge in [-0.05, 0) is 6.42 Å². The van der Waals surface area contributed by atoms with E-state index in [0.717, 1.165) is 31.1 Å². The first-order valence-corrected chi connectivity index (χ1v) is 6.77. The standard InChI is InChI=1S/C10H17N3O2S/c1-2-4-14-6-9-12-10(15-13-9)8-7-16-5-3-11-8/h8,11H,2-7H2,1H3. The Balaban J connectivity index is 1.85. The summed E-state index contributed by atoms with van der Waals surface area (Å²) in [5, 5.41) is 7.26. The van der Waals surface area contributed by atoms with E-state index in [1.807, 2.05) is 11.8 Å². The minimum atomic E-state index is 0.200. The highest BCUT2D eigenvalue weighted by Crippen LogP contribution is 2.20. The van der Waals surface area contributed by atoms with Crippen LogP contribution in [0.15, 0.2) is 4.52 Å². The number of hydrogen-bond acceptors (Lipinski definition) is 6. The monoisotopic (exact) mass is 243 g/mol. The lowest BCUT2D eigenvalue weighted by molar-refractivity contribution is 0.114. The van der Waals surface area contributed by atoms with Crippen molar-refractivity contribution in [2.45, 2.75) is 26.0 Å². The lowest BCUT2D eigenvalue weighted by Crippen LogP contribution is -2.30. The Morgan fingerprint density at radius 1 is 1.62 bits per heavy atom. The fourth-order valence-corrected chi connectivity index (χ4v) is 2.42. The Bertz CT molecular complexity index is 313. The molecule has 1 aromatic heterocycles. The number of rotatable bonds is 5. The highest BCUT2D eigenvalue weighted by Gasteiger charge is 2.21. The Kier molecular flexibility index (Phi) is 4.62. The van der Waals surface area contributed by atoms with Crippen molar-refractivity contribution in [3.05, 3.63) is 11.7 Å². The van der Waals surface area contributed by atoms with Crippen molar-refractivity contribution in [1.82, 2.24) is 15.5 Å². The largest absolute Gasteiger partial charge is 0.373 e. The van der Waals surface area contributed by atoms with Crippen LogP contribution in [0.3, 0.4) is 0 Å². The first-order valence-electron chi connectivity index (χ1n) is 5.61. The van der Waals surface area contributed by atoms with Crippen LogP contribution in [-0.4, -0.2) is 34.8 Å². The second-order valence-electron chi connectivity index (χ2n) is 3.68. The highest BCUT2D eigenvalue weighted by molar-refractivity contribution is 7.99. The molecule has 0 amide bonds. The summed E-state index contributed by atoms with van der Waals surface area (Å²) < 4.78 is 10.6. The van der Waals surface area contributed by atoms with Gasteiger partial charge in [0.15, 0.2) is 5.82 Å². The van der Waals surface area contributed by atoms with E-state index in [9.17, 15) is 0 Å². The zero-order valence-electron chi connectivity index (χ0n) is 9.44. The number of aromatic nitrogens is 2. The maximum atomic E-state index is 5.36. The molecule has 1 aromatic rings. The molecule has 5 nitrogen and oxygen atoms in total. The van der Waals surface area contributed by atoms with Crippen molar-refractivity contribution in [2.75, 3.05) is 24.7 Å². The van der Waals surface area contributed by atoms with Crippen molar-refractivity contribution in [3.63, 3.8) is 0 Å². The quantitative estimate of drug-likeness (QED) is 0.788. The third-order valence-electron chi connectivity index (χ3n) is 2.28. The fraction of sp³-hybridized carbons (Fsp3) is 0.800. The van der Waals surface area contributed by atoms with Crippen LogP contribution in [0.2, 0.25) is 0 Å². The average molecular weight is 243 g/mol. The maximum Gasteiger partial charge on any atom is 0.244 e. The lowest BCUT2D eigenvalue weighted by atomic mass is 10.3. The molecule has 0 spiro atoms. The van der Waals surface area contributed by atoms with Gasteiger partial charge in [-0.25, -0.2) is 0 Å². The van der Waals surface area contributed by atoms with E-state index >= 15 is 0 Å². The summed E-state index contributed by atoms with van der Waals surface area (Å²) in [6.07, 6.45) is 1.01. The zero-order valence-corrected chi connectivity index (χ0v) is 10.3. The van der Waals surface area contributed by atoms with Crippen molar-refractivity contribution >= 4 is 11.8 Å². The molecule has 0 aromatic carbocycles. The molecule has 90 valence electrons. The molecule has 1 fully saturated rings. The smallest absolute Gasteiger partial charge is 0.244 e. The Labute approximate surface area is 99.3 Å². The van der Waals surface area contributed by atoms with Crippen LogP contribution < -0.4 is 5.32 Å². The predicted molar refractivity (Wildman–Crippen MR) is 62.3 cm³/mol. The van der Waals surface area contributed by atoms with Crippen LogP contribution in [0.1, 0.15) is 31.1 Å². The Morgan fingerprint density at radius 3 is 3.31 bits per heavy atom. The molecule has 0 aliphatic carbocycles. The van der Waals surface area contributed by atoms with Gasteiger partial charge in [0.25, 0.3) is 0 Å². The minimum Gasteiger partial charge on any atom is -0.373 e. The third kappa shape index (κ3) is 3.20. The van der Waals surface area contributed by atoms with Gasteiger partial charge in [-0.15, -0.1) is 0 Å². The fourth-order valence-electron chi connectivity index (χ4n) is 1.50. The van der Waals surface area contributed by atoms with E-state index in [4.69, 9.17) is 9.26 Å².